The Balaban J connectivity index is 1.24. The number of benzene rings is 2. The normalized spacial score (nSPS) is 22.6. The molecule has 1 saturated carbocycles. The standard InChI is InChI=1S/C27H33N3O4S/c1-19-16-23-17-24(11-12-25(23)30(19)27(32)21-9-10-21)35(33,34)29-15-5-8-22(18-29)26(31)28-14-13-20-6-3-2-4-7-20/h2-4,6-7,11-12,17,19,21-22H,5,8-10,13-16,18H2,1H3,(H,28,31)/t19-,22+/m0/s1. The number of carbonyl (C=O) groups excluding carboxylic acids is 2. The van der Waals surface area contributed by atoms with E-state index in [-0.39, 0.29) is 41.1 Å². The molecule has 2 fully saturated rings. The van der Waals surface area contributed by atoms with Gasteiger partial charge < -0.3 is 10.2 Å². The second kappa shape index (κ2) is 9.74. The lowest BCUT2D eigenvalue weighted by molar-refractivity contribution is -0.126. The highest BCUT2D eigenvalue weighted by molar-refractivity contribution is 7.89. The molecule has 1 aliphatic carbocycles. The number of piperidine rings is 1. The van der Waals surface area contributed by atoms with E-state index in [2.05, 4.69) is 5.32 Å². The summed E-state index contributed by atoms with van der Waals surface area (Å²) in [7, 11) is -3.72. The average Bonchev–Trinajstić information content (AvgIpc) is 3.66. The minimum atomic E-state index is -3.72. The Morgan fingerprint density at radius 2 is 1.80 bits per heavy atom. The molecule has 2 amide bonds. The number of rotatable bonds is 7. The monoisotopic (exact) mass is 495 g/mol. The molecule has 0 bridgehead atoms. The highest BCUT2D eigenvalue weighted by Gasteiger charge is 2.40. The van der Waals surface area contributed by atoms with Crippen molar-refractivity contribution in [1.82, 2.24) is 9.62 Å². The lowest BCUT2D eigenvalue weighted by atomic mass is 9.99. The molecule has 0 radical (unpaired) electrons. The molecule has 2 atom stereocenters. The molecule has 1 saturated heterocycles. The Labute approximate surface area is 207 Å². The zero-order valence-corrected chi connectivity index (χ0v) is 21.0. The first-order valence-corrected chi connectivity index (χ1v) is 14.1. The van der Waals surface area contributed by atoms with Gasteiger partial charge in [0.2, 0.25) is 21.8 Å². The van der Waals surface area contributed by atoms with Crippen LogP contribution in [0.25, 0.3) is 0 Å². The third kappa shape index (κ3) is 5.00. The Hall–Kier alpha value is -2.71. The van der Waals surface area contributed by atoms with Crippen molar-refractivity contribution in [2.75, 3.05) is 24.5 Å². The number of amides is 2. The molecule has 2 aromatic carbocycles. The van der Waals surface area contributed by atoms with Crippen LogP contribution in [-0.2, 0) is 32.5 Å². The van der Waals surface area contributed by atoms with Crippen molar-refractivity contribution < 1.29 is 18.0 Å². The SMILES string of the molecule is C[C@H]1Cc2cc(S(=O)(=O)N3CCC[C@@H](C(=O)NCCc4ccccc4)C3)ccc2N1C(=O)C1CC1. The number of hydrogen-bond donors (Lipinski definition) is 1. The van der Waals surface area contributed by atoms with E-state index in [1.54, 1.807) is 18.2 Å². The Kier molecular flexibility index (Phi) is 6.68. The van der Waals surface area contributed by atoms with E-state index in [0.29, 0.717) is 32.4 Å². The number of hydrogen-bond acceptors (Lipinski definition) is 4. The number of nitrogens with zero attached hydrogens (tertiary/aromatic N) is 2. The van der Waals surface area contributed by atoms with E-state index in [9.17, 15) is 18.0 Å². The van der Waals surface area contributed by atoms with E-state index < -0.39 is 10.0 Å². The van der Waals surface area contributed by atoms with Gasteiger partial charge in [0, 0.05) is 37.3 Å². The Morgan fingerprint density at radius 3 is 2.54 bits per heavy atom. The maximum Gasteiger partial charge on any atom is 0.243 e. The van der Waals surface area contributed by atoms with Gasteiger partial charge in [-0.2, -0.15) is 4.31 Å². The lowest BCUT2D eigenvalue weighted by Gasteiger charge is -2.31. The summed E-state index contributed by atoms with van der Waals surface area (Å²) in [6.07, 6.45) is 4.63. The van der Waals surface area contributed by atoms with Crippen molar-refractivity contribution in [3.05, 3.63) is 59.7 Å². The summed E-state index contributed by atoms with van der Waals surface area (Å²) in [5.74, 6) is -0.159. The van der Waals surface area contributed by atoms with Crippen molar-refractivity contribution in [3.63, 3.8) is 0 Å². The van der Waals surface area contributed by atoms with Crippen molar-refractivity contribution in [1.29, 1.82) is 0 Å². The third-order valence-electron chi connectivity index (χ3n) is 7.38. The summed E-state index contributed by atoms with van der Waals surface area (Å²) >= 11 is 0. The molecule has 3 aliphatic rings. The third-order valence-corrected chi connectivity index (χ3v) is 9.24. The minimum absolute atomic E-state index is 0.0370. The van der Waals surface area contributed by atoms with Crippen LogP contribution < -0.4 is 10.2 Å². The molecular weight excluding hydrogens is 462 g/mol. The maximum absolute atomic E-state index is 13.5. The topological polar surface area (TPSA) is 86.8 Å². The van der Waals surface area contributed by atoms with Gasteiger partial charge in [-0.05, 0) is 74.8 Å². The van der Waals surface area contributed by atoms with Crippen LogP contribution >= 0.6 is 0 Å². The predicted octanol–water partition coefficient (Wildman–Crippen LogP) is 3.13. The molecule has 1 N–H and O–H groups in total. The van der Waals surface area contributed by atoms with Crippen LogP contribution in [-0.4, -0.2) is 50.2 Å². The van der Waals surface area contributed by atoms with Crippen LogP contribution in [0.15, 0.2) is 53.4 Å². The summed E-state index contributed by atoms with van der Waals surface area (Å²) in [4.78, 5) is 27.6. The van der Waals surface area contributed by atoms with Gasteiger partial charge in [0.25, 0.3) is 0 Å². The fourth-order valence-electron chi connectivity index (χ4n) is 5.27. The van der Waals surface area contributed by atoms with Gasteiger partial charge in [-0.1, -0.05) is 30.3 Å². The van der Waals surface area contributed by atoms with Crippen molar-refractivity contribution in [2.24, 2.45) is 11.8 Å². The quantitative estimate of drug-likeness (QED) is 0.639. The minimum Gasteiger partial charge on any atom is -0.355 e. The van der Waals surface area contributed by atoms with E-state index in [0.717, 1.165) is 36.1 Å². The molecular formula is C27H33N3O4S. The highest BCUT2D eigenvalue weighted by Crippen LogP contribution is 2.40. The van der Waals surface area contributed by atoms with Crippen molar-refractivity contribution >= 4 is 27.5 Å². The van der Waals surface area contributed by atoms with E-state index in [1.807, 2.05) is 42.2 Å². The first kappa shape index (κ1) is 24.0. The van der Waals surface area contributed by atoms with Gasteiger partial charge in [0.05, 0.1) is 10.8 Å². The number of anilines is 1. The first-order chi connectivity index (χ1) is 16.8. The van der Waals surface area contributed by atoms with E-state index in [1.165, 1.54) is 4.31 Å². The molecule has 2 aromatic rings. The van der Waals surface area contributed by atoms with Gasteiger partial charge >= 0.3 is 0 Å². The molecule has 7 nitrogen and oxygen atoms in total. The van der Waals surface area contributed by atoms with E-state index in [4.69, 9.17) is 0 Å². The summed E-state index contributed by atoms with van der Waals surface area (Å²) in [5.41, 5.74) is 2.89. The number of sulfonamides is 1. The molecule has 8 heteroatoms. The molecule has 2 heterocycles. The molecule has 2 aliphatic heterocycles. The first-order valence-electron chi connectivity index (χ1n) is 12.6. The van der Waals surface area contributed by atoms with Crippen molar-refractivity contribution in [3.8, 4) is 0 Å². The van der Waals surface area contributed by atoms with Crippen molar-refractivity contribution in [2.45, 2.75) is 56.4 Å². The number of nitrogens with one attached hydrogen (secondary N) is 1. The second-order valence-electron chi connectivity index (χ2n) is 10.1. The number of carbonyl (C=O) groups is 2. The zero-order chi connectivity index (χ0) is 24.6. The fraction of sp³-hybridized carbons (Fsp3) is 0.481. The van der Waals surface area contributed by atoms with Gasteiger partial charge in [0.1, 0.15) is 0 Å². The largest absolute Gasteiger partial charge is 0.355 e. The van der Waals surface area contributed by atoms with Crippen LogP contribution in [0.3, 0.4) is 0 Å². The fourth-order valence-corrected chi connectivity index (χ4v) is 6.85. The molecule has 0 aromatic heterocycles. The van der Waals surface area contributed by atoms with Gasteiger partial charge in [-0.25, -0.2) is 8.42 Å². The molecule has 0 unspecified atom stereocenters. The summed E-state index contributed by atoms with van der Waals surface area (Å²) in [6, 6.07) is 15.1. The highest BCUT2D eigenvalue weighted by atomic mass is 32.2. The summed E-state index contributed by atoms with van der Waals surface area (Å²) in [6.45, 7) is 3.15. The Morgan fingerprint density at radius 1 is 1.03 bits per heavy atom. The van der Waals surface area contributed by atoms with Crippen LogP contribution in [0.2, 0.25) is 0 Å². The molecule has 5 rings (SSSR count). The maximum atomic E-state index is 13.5. The predicted molar refractivity (Wildman–Crippen MR) is 134 cm³/mol. The zero-order valence-electron chi connectivity index (χ0n) is 20.2. The molecule has 0 spiro atoms. The van der Waals surface area contributed by atoms with Crippen LogP contribution in [0.5, 0.6) is 0 Å². The molecule has 186 valence electrons. The van der Waals surface area contributed by atoms with Crippen LogP contribution in [0, 0.1) is 11.8 Å². The van der Waals surface area contributed by atoms with Gasteiger partial charge in [-0.3, -0.25) is 9.59 Å². The lowest BCUT2D eigenvalue weighted by Crippen LogP contribution is -2.45. The van der Waals surface area contributed by atoms with Crippen LogP contribution in [0.1, 0.15) is 43.7 Å². The van der Waals surface area contributed by atoms with E-state index >= 15 is 0 Å². The molecule has 35 heavy (non-hydrogen) atoms. The van der Waals surface area contributed by atoms with Crippen LogP contribution in [0.4, 0.5) is 5.69 Å². The second-order valence-corrected chi connectivity index (χ2v) is 12.0. The summed E-state index contributed by atoms with van der Waals surface area (Å²) < 4.78 is 28.4. The summed E-state index contributed by atoms with van der Waals surface area (Å²) in [5, 5.41) is 2.98. The average molecular weight is 496 g/mol. The Bertz CT molecular complexity index is 1210. The number of fused-ring (bicyclic) bond motifs is 1. The smallest absolute Gasteiger partial charge is 0.243 e. The van der Waals surface area contributed by atoms with Gasteiger partial charge in [-0.15, -0.1) is 0 Å². The van der Waals surface area contributed by atoms with Gasteiger partial charge in [0.15, 0.2) is 0 Å².